The molecule has 1 aromatic carbocycles. The van der Waals surface area contributed by atoms with Gasteiger partial charge < -0.3 is 24.4 Å². The van der Waals surface area contributed by atoms with E-state index in [0.717, 1.165) is 81.5 Å². The van der Waals surface area contributed by atoms with E-state index in [1.54, 1.807) is 7.11 Å². The Bertz CT molecular complexity index is 913. The third-order valence-electron chi connectivity index (χ3n) is 10.0. The van der Waals surface area contributed by atoms with E-state index in [1.165, 1.54) is 32.1 Å². The van der Waals surface area contributed by atoms with Crippen LogP contribution < -0.4 is 0 Å². The van der Waals surface area contributed by atoms with Gasteiger partial charge in [-0.1, -0.05) is 37.5 Å². The first kappa shape index (κ1) is 28.0. The summed E-state index contributed by atoms with van der Waals surface area (Å²) in [5.41, 5.74) is 2.72. The molecule has 2 unspecified atom stereocenters. The van der Waals surface area contributed by atoms with Crippen molar-refractivity contribution in [2.24, 2.45) is 5.92 Å². The zero-order valence-electron chi connectivity index (χ0n) is 23.9. The smallest absolute Gasteiger partial charge is 0.254 e. The van der Waals surface area contributed by atoms with Gasteiger partial charge in [0.25, 0.3) is 5.91 Å². The highest BCUT2D eigenvalue weighted by Gasteiger charge is 2.54. The largest absolute Gasteiger partial charge is 0.385 e. The molecule has 212 valence electrons. The average Bonchev–Trinajstić information content (AvgIpc) is 3.17. The summed E-state index contributed by atoms with van der Waals surface area (Å²) in [5.74, 6) is 0.850. The molecule has 0 aromatic heterocycles. The molecule has 3 aliphatic heterocycles. The first-order chi connectivity index (χ1) is 18.4. The van der Waals surface area contributed by atoms with E-state index in [0.29, 0.717) is 18.6 Å². The quantitative estimate of drug-likeness (QED) is 0.569. The Labute approximate surface area is 229 Å². The lowest BCUT2D eigenvalue weighted by atomic mass is 9.81. The first-order valence-electron chi connectivity index (χ1n) is 15.1. The standard InChI is InChI=1S/C31H49N3O4/c1-23-8-7-9-24(2)28(23)29(35)33-17-12-26(13-18-33)32-19-15-31(16-20-32)27(14-21-37-3)34(30(36)38-31)22-25-10-5-4-6-11-25/h7-9,25-27,30,36H,4-6,10-22H2,1-3H3. The van der Waals surface area contributed by atoms with Crippen LogP contribution in [0.2, 0.25) is 0 Å². The molecule has 1 saturated carbocycles. The van der Waals surface area contributed by atoms with Gasteiger partial charge in [0.1, 0.15) is 0 Å². The first-order valence-corrected chi connectivity index (χ1v) is 15.1. The van der Waals surface area contributed by atoms with Gasteiger partial charge in [-0.15, -0.1) is 0 Å². The van der Waals surface area contributed by atoms with Crippen LogP contribution in [0.15, 0.2) is 18.2 Å². The van der Waals surface area contributed by atoms with Crippen LogP contribution in [0.5, 0.6) is 0 Å². The molecule has 3 heterocycles. The Morgan fingerprint density at radius 2 is 1.68 bits per heavy atom. The predicted molar refractivity (Wildman–Crippen MR) is 149 cm³/mol. The predicted octanol–water partition coefficient (Wildman–Crippen LogP) is 4.34. The van der Waals surface area contributed by atoms with Crippen LogP contribution in [0, 0.1) is 19.8 Å². The lowest BCUT2D eigenvalue weighted by Gasteiger charge is -2.46. The Hall–Kier alpha value is -1.51. The normalized spacial score (nSPS) is 27.8. The number of methoxy groups -OCH3 is 1. The van der Waals surface area contributed by atoms with E-state index in [1.807, 2.05) is 32.0 Å². The molecule has 7 nitrogen and oxygen atoms in total. The van der Waals surface area contributed by atoms with Gasteiger partial charge in [-0.3, -0.25) is 4.79 Å². The van der Waals surface area contributed by atoms with Crippen molar-refractivity contribution in [1.82, 2.24) is 14.7 Å². The summed E-state index contributed by atoms with van der Waals surface area (Å²) in [6.45, 7) is 9.32. The number of ether oxygens (including phenoxy) is 2. The second-order valence-corrected chi connectivity index (χ2v) is 12.3. The molecule has 1 amide bonds. The molecule has 7 heteroatoms. The Kier molecular flexibility index (Phi) is 9.10. The molecule has 0 bridgehead atoms. The van der Waals surface area contributed by atoms with Crippen LogP contribution in [-0.2, 0) is 9.47 Å². The van der Waals surface area contributed by atoms with Crippen LogP contribution in [0.3, 0.4) is 0 Å². The van der Waals surface area contributed by atoms with Gasteiger partial charge in [0.05, 0.1) is 5.60 Å². The van der Waals surface area contributed by atoms with E-state index >= 15 is 0 Å². The number of hydrogen-bond donors (Lipinski definition) is 1. The van der Waals surface area contributed by atoms with E-state index < -0.39 is 6.41 Å². The van der Waals surface area contributed by atoms with E-state index in [9.17, 15) is 9.90 Å². The molecule has 1 N–H and O–H groups in total. The van der Waals surface area contributed by atoms with Gasteiger partial charge in [0, 0.05) is 64.1 Å². The fourth-order valence-corrected chi connectivity index (χ4v) is 7.82. The summed E-state index contributed by atoms with van der Waals surface area (Å²) >= 11 is 0. The number of benzene rings is 1. The number of rotatable bonds is 7. The van der Waals surface area contributed by atoms with Crippen LogP contribution >= 0.6 is 0 Å². The van der Waals surface area contributed by atoms with Crippen LogP contribution in [0.25, 0.3) is 0 Å². The summed E-state index contributed by atoms with van der Waals surface area (Å²) in [6, 6.07) is 6.82. The molecular weight excluding hydrogens is 478 g/mol. The second-order valence-electron chi connectivity index (χ2n) is 12.3. The molecule has 3 saturated heterocycles. The number of piperidine rings is 2. The SMILES string of the molecule is COCCC1N(CC2CCCCC2)C(O)OC12CCN(C1CCN(C(=O)c3c(C)cccc3C)CC1)CC2. The summed E-state index contributed by atoms with van der Waals surface area (Å²) in [4.78, 5) is 20.2. The van der Waals surface area contributed by atoms with Crippen LogP contribution in [0.1, 0.15) is 85.7 Å². The Morgan fingerprint density at radius 3 is 2.32 bits per heavy atom. The molecule has 1 aliphatic carbocycles. The molecule has 38 heavy (non-hydrogen) atoms. The van der Waals surface area contributed by atoms with Crippen LogP contribution in [-0.4, -0.2) is 96.3 Å². The number of aliphatic hydroxyl groups excluding tert-OH is 1. The highest BCUT2D eigenvalue weighted by atomic mass is 16.7. The van der Waals surface area contributed by atoms with Gasteiger partial charge in [0.2, 0.25) is 6.41 Å². The lowest BCUT2D eigenvalue weighted by molar-refractivity contribution is -0.188. The monoisotopic (exact) mass is 527 g/mol. The fourth-order valence-electron chi connectivity index (χ4n) is 7.82. The topological polar surface area (TPSA) is 65.5 Å². The molecule has 1 aromatic rings. The molecule has 4 aliphatic rings. The van der Waals surface area contributed by atoms with Crippen molar-refractivity contribution in [2.75, 3.05) is 46.4 Å². The second kappa shape index (κ2) is 12.3. The number of aryl methyl sites for hydroxylation is 2. The van der Waals surface area contributed by atoms with Crippen molar-refractivity contribution in [2.45, 2.75) is 102 Å². The minimum Gasteiger partial charge on any atom is -0.385 e. The number of nitrogens with zero attached hydrogens (tertiary/aromatic N) is 3. The van der Waals surface area contributed by atoms with Crippen molar-refractivity contribution < 1.29 is 19.4 Å². The molecule has 0 radical (unpaired) electrons. The van der Waals surface area contributed by atoms with Crippen molar-refractivity contribution in [3.63, 3.8) is 0 Å². The molecular formula is C31H49N3O4. The van der Waals surface area contributed by atoms with E-state index in [4.69, 9.17) is 9.47 Å². The number of carbonyl (C=O) groups excluding carboxylic acids is 1. The van der Waals surface area contributed by atoms with E-state index in [2.05, 4.69) is 14.7 Å². The molecule has 2 atom stereocenters. The van der Waals surface area contributed by atoms with Crippen molar-refractivity contribution in [3.05, 3.63) is 34.9 Å². The number of likely N-dealkylation sites (tertiary alicyclic amines) is 2. The third kappa shape index (κ3) is 5.83. The molecule has 1 spiro atoms. The highest BCUT2D eigenvalue weighted by molar-refractivity contribution is 5.97. The summed E-state index contributed by atoms with van der Waals surface area (Å²) in [7, 11) is 1.77. The number of carbonyl (C=O) groups is 1. The maximum Gasteiger partial charge on any atom is 0.254 e. The maximum atomic E-state index is 13.3. The Morgan fingerprint density at radius 1 is 1.03 bits per heavy atom. The van der Waals surface area contributed by atoms with Crippen LogP contribution in [0.4, 0.5) is 0 Å². The van der Waals surface area contributed by atoms with Gasteiger partial charge in [-0.25, -0.2) is 4.90 Å². The van der Waals surface area contributed by atoms with Crippen molar-refractivity contribution in [1.29, 1.82) is 0 Å². The zero-order chi connectivity index (χ0) is 26.7. The van der Waals surface area contributed by atoms with Crippen molar-refractivity contribution in [3.8, 4) is 0 Å². The minimum atomic E-state index is -0.801. The van der Waals surface area contributed by atoms with Gasteiger partial charge in [0.15, 0.2) is 0 Å². The summed E-state index contributed by atoms with van der Waals surface area (Å²) in [5, 5.41) is 11.0. The average molecular weight is 528 g/mol. The number of amides is 1. The van der Waals surface area contributed by atoms with E-state index in [-0.39, 0.29) is 17.6 Å². The number of aliphatic hydroxyl groups is 1. The maximum absolute atomic E-state index is 13.3. The zero-order valence-corrected chi connectivity index (χ0v) is 23.9. The van der Waals surface area contributed by atoms with Gasteiger partial charge in [-0.05, 0) is 75.8 Å². The third-order valence-corrected chi connectivity index (χ3v) is 10.0. The Balaban J connectivity index is 1.17. The summed E-state index contributed by atoms with van der Waals surface area (Å²) < 4.78 is 12.0. The summed E-state index contributed by atoms with van der Waals surface area (Å²) in [6.07, 6.45) is 10.5. The van der Waals surface area contributed by atoms with Gasteiger partial charge in [-0.2, -0.15) is 0 Å². The molecule has 5 rings (SSSR count). The fraction of sp³-hybridized carbons (Fsp3) is 0.774. The number of hydrogen-bond acceptors (Lipinski definition) is 6. The van der Waals surface area contributed by atoms with Gasteiger partial charge >= 0.3 is 0 Å². The lowest BCUT2D eigenvalue weighted by Crippen LogP contribution is -2.56. The highest BCUT2D eigenvalue weighted by Crippen LogP contribution is 2.43. The van der Waals surface area contributed by atoms with Crippen molar-refractivity contribution >= 4 is 5.91 Å². The molecule has 4 fully saturated rings. The minimum absolute atomic E-state index is 0.184.